The molecule has 0 bridgehead atoms. The second-order valence-electron chi connectivity index (χ2n) is 8.79. The Morgan fingerprint density at radius 3 is 2.44 bits per heavy atom. The molecule has 2 aromatic rings. The number of benzene rings is 2. The number of halogens is 2. The highest BCUT2D eigenvalue weighted by molar-refractivity contribution is 6.31. The first kappa shape index (κ1) is 26.4. The highest BCUT2D eigenvalue weighted by Gasteiger charge is 2.30. The summed E-state index contributed by atoms with van der Waals surface area (Å²) in [5, 5.41) is 4.44. The summed E-state index contributed by atoms with van der Waals surface area (Å²) >= 11 is 12.3. The van der Waals surface area contributed by atoms with Crippen LogP contribution in [-0.2, 0) is 16.1 Å². The molecule has 0 unspecified atom stereocenters. The van der Waals surface area contributed by atoms with Gasteiger partial charge in [0.15, 0.2) is 0 Å². The average molecular weight is 505 g/mol. The highest BCUT2D eigenvalue weighted by atomic mass is 35.5. The van der Waals surface area contributed by atoms with E-state index in [0.717, 1.165) is 31.2 Å². The van der Waals surface area contributed by atoms with Crippen LogP contribution in [0.5, 0.6) is 5.75 Å². The smallest absolute Gasteiger partial charge is 0.243 e. The molecule has 2 amide bonds. The maximum Gasteiger partial charge on any atom is 0.243 e. The second kappa shape index (κ2) is 13.6. The van der Waals surface area contributed by atoms with Crippen molar-refractivity contribution in [2.75, 3.05) is 6.61 Å². The topological polar surface area (TPSA) is 58.6 Å². The van der Waals surface area contributed by atoms with Crippen LogP contribution in [0.4, 0.5) is 0 Å². The van der Waals surface area contributed by atoms with Crippen molar-refractivity contribution >= 4 is 35.0 Å². The van der Waals surface area contributed by atoms with Crippen molar-refractivity contribution in [3.63, 3.8) is 0 Å². The number of ether oxygens (including phenoxy) is 1. The summed E-state index contributed by atoms with van der Waals surface area (Å²) in [7, 11) is 0. The quantitative estimate of drug-likeness (QED) is 0.359. The van der Waals surface area contributed by atoms with E-state index < -0.39 is 6.04 Å². The van der Waals surface area contributed by atoms with Crippen LogP contribution < -0.4 is 10.1 Å². The third-order valence-electron chi connectivity index (χ3n) is 6.25. The molecule has 1 N–H and O–H groups in total. The molecule has 0 spiro atoms. The van der Waals surface area contributed by atoms with Crippen molar-refractivity contribution < 1.29 is 14.3 Å². The van der Waals surface area contributed by atoms with Crippen molar-refractivity contribution in [3.8, 4) is 5.75 Å². The van der Waals surface area contributed by atoms with Gasteiger partial charge in [0.1, 0.15) is 11.8 Å². The Balaban J connectivity index is 1.65. The van der Waals surface area contributed by atoms with E-state index >= 15 is 0 Å². The van der Waals surface area contributed by atoms with Gasteiger partial charge in [-0.1, -0.05) is 67.6 Å². The van der Waals surface area contributed by atoms with Gasteiger partial charge in [-0.25, -0.2) is 0 Å². The van der Waals surface area contributed by atoms with E-state index in [1.54, 1.807) is 29.2 Å². The summed E-state index contributed by atoms with van der Waals surface area (Å²) in [4.78, 5) is 28.3. The maximum absolute atomic E-state index is 13.3. The predicted octanol–water partition coefficient (Wildman–Crippen LogP) is 6.41. The monoisotopic (exact) mass is 504 g/mol. The highest BCUT2D eigenvalue weighted by Crippen LogP contribution is 2.22. The van der Waals surface area contributed by atoms with Gasteiger partial charge < -0.3 is 15.0 Å². The van der Waals surface area contributed by atoms with E-state index in [4.69, 9.17) is 27.9 Å². The average Bonchev–Trinajstić information content (AvgIpc) is 2.84. The van der Waals surface area contributed by atoms with Gasteiger partial charge in [0.05, 0.1) is 6.61 Å². The van der Waals surface area contributed by atoms with Gasteiger partial charge in [0.2, 0.25) is 11.8 Å². The molecule has 0 aromatic heterocycles. The van der Waals surface area contributed by atoms with Crippen LogP contribution in [0.1, 0.15) is 63.9 Å². The maximum atomic E-state index is 13.3. The molecular formula is C27H34Cl2N2O3. The first-order valence-electron chi connectivity index (χ1n) is 12.2. The minimum Gasteiger partial charge on any atom is -0.494 e. The third-order valence-corrected chi connectivity index (χ3v) is 6.87. The van der Waals surface area contributed by atoms with Gasteiger partial charge in [-0.15, -0.1) is 0 Å². The normalized spacial score (nSPS) is 14.9. The molecule has 0 saturated heterocycles. The van der Waals surface area contributed by atoms with E-state index in [9.17, 15) is 9.59 Å². The largest absolute Gasteiger partial charge is 0.494 e. The number of carbonyl (C=O) groups excluding carboxylic acids is 2. The lowest BCUT2D eigenvalue weighted by Gasteiger charge is -2.33. The zero-order valence-corrected chi connectivity index (χ0v) is 21.3. The first-order chi connectivity index (χ1) is 16.5. The Labute approximate surface area is 212 Å². The minimum atomic E-state index is -0.539. The second-order valence-corrected chi connectivity index (χ2v) is 9.63. The van der Waals surface area contributed by atoms with Gasteiger partial charge in [-0.2, -0.15) is 0 Å². The van der Waals surface area contributed by atoms with Crippen molar-refractivity contribution in [1.29, 1.82) is 0 Å². The van der Waals surface area contributed by atoms with Crippen LogP contribution in [0.25, 0.3) is 0 Å². The molecule has 1 aliphatic carbocycles. The molecular weight excluding hydrogens is 471 g/mol. The minimum absolute atomic E-state index is 0.0767. The van der Waals surface area contributed by atoms with E-state index in [1.807, 2.05) is 31.2 Å². The van der Waals surface area contributed by atoms with Crippen LogP contribution in [0, 0.1) is 0 Å². The lowest BCUT2D eigenvalue weighted by molar-refractivity contribution is -0.142. The lowest BCUT2D eigenvalue weighted by atomic mass is 9.95. The van der Waals surface area contributed by atoms with Crippen LogP contribution in [0.2, 0.25) is 10.0 Å². The molecule has 1 fully saturated rings. The van der Waals surface area contributed by atoms with Crippen LogP contribution in [-0.4, -0.2) is 35.4 Å². The molecule has 7 heteroatoms. The lowest BCUT2D eigenvalue weighted by Crippen LogP contribution is -2.51. The molecule has 1 atom stereocenters. The van der Waals surface area contributed by atoms with Crippen LogP contribution in [0.15, 0.2) is 48.5 Å². The number of hydrogen-bond donors (Lipinski definition) is 1. The fourth-order valence-corrected chi connectivity index (χ4v) is 4.68. The Morgan fingerprint density at radius 2 is 1.76 bits per heavy atom. The van der Waals surface area contributed by atoms with Gasteiger partial charge in [-0.3, -0.25) is 9.59 Å². The Bertz CT molecular complexity index is 930. The van der Waals surface area contributed by atoms with Crippen LogP contribution in [0.3, 0.4) is 0 Å². The molecule has 5 nitrogen and oxygen atoms in total. The SMILES string of the molecule is CC[C@@H](C(=O)NC1CCCCC1)N(Cc1ccccc1Cl)C(=O)CCCOc1ccc(Cl)cc1. The molecule has 1 aliphatic rings. The fraction of sp³-hybridized carbons (Fsp3) is 0.481. The van der Waals surface area contributed by atoms with E-state index in [1.165, 1.54) is 6.42 Å². The molecule has 0 radical (unpaired) electrons. The summed E-state index contributed by atoms with van der Waals surface area (Å²) < 4.78 is 5.73. The number of carbonyl (C=O) groups is 2. The molecule has 0 aliphatic heterocycles. The standard InChI is InChI=1S/C27H34Cl2N2O3/c1-2-25(27(33)30-22-10-4-3-5-11-22)31(19-20-9-6-7-12-24(20)29)26(32)13-8-18-34-23-16-14-21(28)15-17-23/h6-7,9,12,14-17,22,25H,2-5,8,10-11,13,18-19H2,1H3,(H,30,33)/t25-/m0/s1. The van der Waals surface area contributed by atoms with Gasteiger partial charge in [0, 0.05) is 29.1 Å². The van der Waals surface area contributed by atoms with Gasteiger partial charge >= 0.3 is 0 Å². The van der Waals surface area contributed by atoms with Gasteiger partial charge in [0.25, 0.3) is 0 Å². The van der Waals surface area contributed by atoms with E-state index in [-0.39, 0.29) is 24.3 Å². The molecule has 1 saturated carbocycles. The van der Waals surface area contributed by atoms with Crippen molar-refractivity contribution in [2.45, 2.75) is 76.9 Å². The van der Waals surface area contributed by atoms with Crippen LogP contribution >= 0.6 is 23.2 Å². The zero-order valence-electron chi connectivity index (χ0n) is 19.8. The molecule has 3 rings (SSSR count). The van der Waals surface area contributed by atoms with Gasteiger partial charge in [-0.05, 0) is 61.6 Å². The Morgan fingerprint density at radius 1 is 1.06 bits per heavy atom. The Hall–Kier alpha value is -2.24. The number of nitrogens with zero attached hydrogens (tertiary/aromatic N) is 1. The fourth-order valence-electron chi connectivity index (χ4n) is 4.36. The summed E-state index contributed by atoms with van der Waals surface area (Å²) in [6.07, 6.45) is 6.86. The summed E-state index contributed by atoms with van der Waals surface area (Å²) in [5.41, 5.74) is 0.832. The number of rotatable bonds is 11. The molecule has 2 aromatic carbocycles. The van der Waals surface area contributed by atoms with Crippen molar-refractivity contribution in [1.82, 2.24) is 10.2 Å². The van der Waals surface area contributed by atoms with E-state index in [0.29, 0.717) is 41.8 Å². The molecule has 34 heavy (non-hydrogen) atoms. The summed E-state index contributed by atoms with van der Waals surface area (Å²) in [5.74, 6) is 0.556. The molecule has 184 valence electrons. The number of nitrogens with one attached hydrogen (secondary N) is 1. The molecule has 0 heterocycles. The summed E-state index contributed by atoms with van der Waals surface area (Å²) in [6.45, 7) is 2.65. The third kappa shape index (κ3) is 7.92. The van der Waals surface area contributed by atoms with Crippen molar-refractivity contribution in [3.05, 3.63) is 64.1 Å². The van der Waals surface area contributed by atoms with E-state index in [2.05, 4.69) is 5.32 Å². The predicted molar refractivity (Wildman–Crippen MR) is 137 cm³/mol. The Kier molecular flexibility index (Phi) is 10.5. The van der Waals surface area contributed by atoms with Crippen molar-refractivity contribution in [2.24, 2.45) is 0 Å². The first-order valence-corrected chi connectivity index (χ1v) is 12.9. The zero-order chi connectivity index (χ0) is 24.3. The number of hydrogen-bond acceptors (Lipinski definition) is 3. The number of amides is 2. The summed E-state index contributed by atoms with van der Waals surface area (Å²) in [6, 6.07) is 14.3.